The van der Waals surface area contributed by atoms with E-state index in [2.05, 4.69) is 5.32 Å². The number of aliphatic carboxylic acids is 1. The molecule has 8 nitrogen and oxygen atoms in total. The summed E-state index contributed by atoms with van der Waals surface area (Å²) in [7, 11) is 0. The standard InChI is InChI=1S/C17H15FN2O6S/c1-8(21)26-6-9-7-27-16-12(15(23)20(16)13(9)17(24)25)19-14(22)10-4-2-3-5-11(10)18/h2-5,12,16H,6-7H2,1H3,(H,19,22)(H,24,25). The van der Waals surface area contributed by atoms with E-state index in [1.54, 1.807) is 0 Å². The maximum atomic E-state index is 13.7. The first-order chi connectivity index (χ1) is 12.8. The predicted molar refractivity (Wildman–Crippen MR) is 92.0 cm³/mol. The molecule has 1 fully saturated rings. The van der Waals surface area contributed by atoms with Crippen molar-refractivity contribution in [2.75, 3.05) is 12.4 Å². The van der Waals surface area contributed by atoms with Crippen LogP contribution < -0.4 is 5.32 Å². The number of esters is 1. The molecule has 2 N–H and O–H groups in total. The molecule has 1 aromatic carbocycles. The highest BCUT2D eigenvalue weighted by Gasteiger charge is 2.54. The average Bonchev–Trinajstić information content (AvgIpc) is 2.63. The lowest BCUT2D eigenvalue weighted by Crippen LogP contribution is -2.70. The molecule has 2 atom stereocenters. The summed E-state index contributed by atoms with van der Waals surface area (Å²) in [6.07, 6.45) is 0. The van der Waals surface area contributed by atoms with Crippen molar-refractivity contribution in [3.8, 4) is 0 Å². The Bertz CT molecular complexity index is 871. The number of carbonyl (C=O) groups excluding carboxylic acids is 3. The van der Waals surface area contributed by atoms with E-state index in [1.165, 1.54) is 36.9 Å². The molecule has 0 bridgehead atoms. The lowest BCUT2D eigenvalue weighted by molar-refractivity contribution is -0.149. The van der Waals surface area contributed by atoms with E-state index in [-0.39, 0.29) is 23.6 Å². The van der Waals surface area contributed by atoms with Crippen molar-refractivity contribution in [3.63, 3.8) is 0 Å². The van der Waals surface area contributed by atoms with Crippen LogP contribution in [0.5, 0.6) is 0 Å². The maximum Gasteiger partial charge on any atom is 0.352 e. The van der Waals surface area contributed by atoms with Crippen LogP contribution in [0.1, 0.15) is 17.3 Å². The molecule has 2 unspecified atom stereocenters. The molecule has 0 spiro atoms. The third-order valence-corrected chi connectivity index (χ3v) is 5.44. The molecule has 2 heterocycles. The van der Waals surface area contributed by atoms with Gasteiger partial charge >= 0.3 is 11.9 Å². The number of hydrogen-bond donors (Lipinski definition) is 2. The van der Waals surface area contributed by atoms with Gasteiger partial charge in [-0.05, 0) is 12.1 Å². The minimum absolute atomic E-state index is 0.200. The number of nitrogens with zero attached hydrogens (tertiary/aromatic N) is 1. The number of carboxylic acids is 1. The molecule has 142 valence electrons. The Morgan fingerprint density at radius 3 is 2.70 bits per heavy atom. The highest BCUT2D eigenvalue weighted by Crippen LogP contribution is 2.40. The molecular weight excluding hydrogens is 379 g/mol. The van der Waals surface area contributed by atoms with Crippen LogP contribution >= 0.6 is 11.8 Å². The molecule has 0 saturated carbocycles. The fraction of sp³-hybridized carbons (Fsp3) is 0.294. The number of carbonyl (C=O) groups is 4. The number of β-lactam (4-membered cyclic amide) rings is 1. The van der Waals surface area contributed by atoms with Crippen molar-refractivity contribution < 1.29 is 33.4 Å². The van der Waals surface area contributed by atoms with Crippen LogP contribution in [0.15, 0.2) is 35.5 Å². The van der Waals surface area contributed by atoms with Crippen molar-refractivity contribution >= 4 is 35.5 Å². The molecule has 27 heavy (non-hydrogen) atoms. The highest BCUT2D eigenvalue weighted by molar-refractivity contribution is 8.00. The van der Waals surface area contributed by atoms with E-state index in [0.717, 1.165) is 11.0 Å². The Labute approximate surface area is 157 Å². The van der Waals surface area contributed by atoms with Crippen molar-refractivity contribution in [2.24, 2.45) is 0 Å². The first-order valence-corrected chi connectivity index (χ1v) is 8.95. The molecule has 0 aromatic heterocycles. The summed E-state index contributed by atoms with van der Waals surface area (Å²) in [5, 5.41) is 11.3. The van der Waals surface area contributed by atoms with E-state index in [0.29, 0.717) is 5.57 Å². The second kappa shape index (κ2) is 7.39. The highest BCUT2D eigenvalue weighted by atomic mass is 32.2. The minimum Gasteiger partial charge on any atom is -0.477 e. The number of fused-ring (bicyclic) bond motifs is 1. The second-order valence-electron chi connectivity index (χ2n) is 5.88. The van der Waals surface area contributed by atoms with Gasteiger partial charge < -0.3 is 15.2 Å². The van der Waals surface area contributed by atoms with Crippen molar-refractivity contribution in [1.82, 2.24) is 10.2 Å². The number of hydrogen-bond acceptors (Lipinski definition) is 6. The fourth-order valence-electron chi connectivity index (χ4n) is 2.85. The summed E-state index contributed by atoms with van der Waals surface area (Å²) >= 11 is 1.23. The number of halogens is 1. The molecule has 1 aromatic rings. The van der Waals surface area contributed by atoms with Gasteiger partial charge in [0.1, 0.15) is 29.5 Å². The molecule has 0 radical (unpaired) electrons. The first kappa shape index (κ1) is 18.9. The lowest BCUT2D eigenvalue weighted by atomic mass is 10.0. The largest absolute Gasteiger partial charge is 0.477 e. The Morgan fingerprint density at radius 2 is 2.07 bits per heavy atom. The number of carboxylic acid groups (broad SMARTS) is 1. The van der Waals surface area contributed by atoms with Gasteiger partial charge in [0, 0.05) is 18.2 Å². The van der Waals surface area contributed by atoms with Gasteiger partial charge in [-0.15, -0.1) is 11.8 Å². The predicted octanol–water partition coefficient (Wildman–Crippen LogP) is 0.741. The van der Waals surface area contributed by atoms with Crippen LogP contribution in [0.25, 0.3) is 0 Å². The van der Waals surface area contributed by atoms with Gasteiger partial charge in [0.25, 0.3) is 11.8 Å². The normalized spacial score (nSPS) is 21.3. The van der Waals surface area contributed by atoms with Crippen LogP contribution in [0.4, 0.5) is 4.39 Å². The molecule has 2 aliphatic heterocycles. The zero-order valence-electron chi connectivity index (χ0n) is 14.1. The Morgan fingerprint density at radius 1 is 1.37 bits per heavy atom. The van der Waals surface area contributed by atoms with Crippen molar-refractivity contribution in [3.05, 3.63) is 46.9 Å². The Hall–Kier alpha value is -2.88. The molecule has 3 rings (SSSR count). The molecule has 2 amide bonds. The van der Waals surface area contributed by atoms with Crippen LogP contribution in [0.3, 0.4) is 0 Å². The SMILES string of the molecule is CC(=O)OCC1=C(C(=O)O)N2C(=O)C(NC(=O)c3ccccc3F)C2SC1. The molecular formula is C17H15FN2O6S. The van der Waals surface area contributed by atoms with Gasteiger partial charge in [-0.3, -0.25) is 19.3 Å². The maximum absolute atomic E-state index is 13.7. The zero-order chi connectivity index (χ0) is 19.7. The third-order valence-electron chi connectivity index (χ3n) is 4.10. The minimum atomic E-state index is -1.32. The van der Waals surface area contributed by atoms with Crippen LogP contribution in [-0.2, 0) is 19.1 Å². The average molecular weight is 394 g/mol. The summed E-state index contributed by atoms with van der Waals surface area (Å²) in [5.74, 6) is -3.76. The summed E-state index contributed by atoms with van der Waals surface area (Å²) in [4.78, 5) is 48.3. The molecule has 0 aliphatic carbocycles. The van der Waals surface area contributed by atoms with Gasteiger partial charge in [-0.2, -0.15) is 0 Å². The summed E-state index contributed by atoms with van der Waals surface area (Å²) < 4.78 is 18.6. The van der Waals surface area contributed by atoms with Crippen molar-refractivity contribution in [2.45, 2.75) is 18.3 Å². The number of thioether (sulfide) groups is 1. The number of rotatable bonds is 5. The zero-order valence-corrected chi connectivity index (χ0v) is 14.9. The van der Waals surface area contributed by atoms with Crippen LogP contribution in [0, 0.1) is 5.82 Å². The first-order valence-electron chi connectivity index (χ1n) is 7.90. The number of nitrogens with one attached hydrogen (secondary N) is 1. The van der Waals surface area contributed by atoms with Gasteiger partial charge in [-0.1, -0.05) is 12.1 Å². The van der Waals surface area contributed by atoms with Gasteiger partial charge in [0.2, 0.25) is 0 Å². The van der Waals surface area contributed by atoms with Crippen LogP contribution in [-0.4, -0.2) is 57.5 Å². The van der Waals surface area contributed by atoms with Gasteiger partial charge in [-0.25, -0.2) is 9.18 Å². The Balaban J connectivity index is 1.77. The smallest absolute Gasteiger partial charge is 0.352 e. The van der Waals surface area contributed by atoms with E-state index < -0.39 is 41.0 Å². The Kier molecular flexibility index (Phi) is 5.17. The third kappa shape index (κ3) is 3.52. The van der Waals surface area contributed by atoms with Gasteiger partial charge in [0.15, 0.2) is 0 Å². The quantitative estimate of drug-likeness (QED) is 0.559. The fourth-order valence-corrected chi connectivity index (χ4v) is 4.17. The number of benzene rings is 1. The summed E-state index contributed by atoms with van der Waals surface area (Å²) in [5.41, 5.74) is -0.151. The molecule has 1 saturated heterocycles. The van der Waals surface area contributed by atoms with E-state index in [9.17, 15) is 28.7 Å². The van der Waals surface area contributed by atoms with Crippen LogP contribution in [0.2, 0.25) is 0 Å². The molecule has 2 aliphatic rings. The number of amides is 2. The van der Waals surface area contributed by atoms with E-state index in [1.807, 2.05) is 0 Å². The van der Waals surface area contributed by atoms with E-state index >= 15 is 0 Å². The number of ether oxygens (including phenoxy) is 1. The van der Waals surface area contributed by atoms with Gasteiger partial charge in [0.05, 0.1) is 5.56 Å². The summed E-state index contributed by atoms with van der Waals surface area (Å²) in [6.45, 7) is 0.968. The molecule has 10 heteroatoms. The summed E-state index contributed by atoms with van der Waals surface area (Å²) in [6, 6.07) is 4.39. The van der Waals surface area contributed by atoms with E-state index in [4.69, 9.17) is 4.74 Å². The monoisotopic (exact) mass is 394 g/mol. The second-order valence-corrected chi connectivity index (χ2v) is 6.98. The lowest BCUT2D eigenvalue weighted by Gasteiger charge is -2.49. The van der Waals surface area contributed by atoms with Crippen molar-refractivity contribution in [1.29, 1.82) is 0 Å². The topological polar surface area (TPSA) is 113 Å².